The van der Waals surface area contributed by atoms with Gasteiger partial charge in [-0.3, -0.25) is 4.79 Å². The van der Waals surface area contributed by atoms with Crippen LogP contribution in [0.4, 0.5) is 4.39 Å². The second-order valence-electron chi connectivity index (χ2n) is 7.18. The van der Waals surface area contributed by atoms with Gasteiger partial charge in [0.1, 0.15) is 5.82 Å². The van der Waals surface area contributed by atoms with Gasteiger partial charge in [-0.2, -0.15) is 0 Å². The van der Waals surface area contributed by atoms with E-state index in [1.165, 1.54) is 12.1 Å². The first kappa shape index (κ1) is 15.0. The summed E-state index contributed by atoms with van der Waals surface area (Å²) in [4.78, 5) is 12.2. The van der Waals surface area contributed by atoms with Crippen LogP contribution in [0.3, 0.4) is 0 Å². The molecule has 0 bridgehead atoms. The molecule has 0 atom stereocenters. The lowest BCUT2D eigenvalue weighted by Gasteiger charge is -2.43. The molecule has 0 saturated carbocycles. The zero-order valence-corrected chi connectivity index (χ0v) is 12.7. The molecule has 1 aromatic carbocycles. The lowest BCUT2D eigenvalue weighted by atomic mass is 9.79. The topological polar surface area (TPSA) is 45.7 Å². The lowest BCUT2D eigenvalue weighted by Crippen LogP contribution is -3.06. The maximum Gasteiger partial charge on any atom is 0.254 e. The standard InChI is InChI=1S/C16H23FN2O/c1-15(2)9-11(10-16(3,4)19-15)18-14(20)12-7-5-6-8-13(12)17/h5-8,11,19H,9-10H2,1-4H3,(H,18,20)/p+1. The van der Waals surface area contributed by atoms with E-state index in [1.807, 2.05) is 0 Å². The van der Waals surface area contributed by atoms with Crippen LogP contribution in [0.15, 0.2) is 24.3 Å². The van der Waals surface area contributed by atoms with Gasteiger partial charge in [-0.15, -0.1) is 0 Å². The molecule has 1 saturated heterocycles. The van der Waals surface area contributed by atoms with Crippen molar-refractivity contribution >= 4 is 5.91 Å². The third-order valence-corrected chi connectivity index (χ3v) is 3.78. The summed E-state index contributed by atoms with van der Waals surface area (Å²) in [6.07, 6.45) is 1.77. The number of hydrogen-bond donors (Lipinski definition) is 2. The third kappa shape index (κ3) is 3.57. The highest BCUT2D eigenvalue weighted by Gasteiger charge is 2.42. The van der Waals surface area contributed by atoms with Crippen LogP contribution in [0.5, 0.6) is 0 Å². The number of piperidine rings is 1. The molecule has 1 amide bonds. The molecule has 1 aliphatic rings. The van der Waals surface area contributed by atoms with Crippen LogP contribution >= 0.6 is 0 Å². The van der Waals surface area contributed by atoms with Crippen LogP contribution < -0.4 is 10.6 Å². The van der Waals surface area contributed by atoms with Gasteiger partial charge >= 0.3 is 0 Å². The van der Waals surface area contributed by atoms with E-state index in [9.17, 15) is 9.18 Å². The molecule has 1 aromatic rings. The number of nitrogens with two attached hydrogens (primary N) is 1. The van der Waals surface area contributed by atoms with E-state index in [-0.39, 0.29) is 28.6 Å². The molecule has 3 nitrogen and oxygen atoms in total. The quantitative estimate of drug-likeness (QED) is 0.852. The second-order valence-corrected chi connectivity index (χ2v) is 7.18. The number of quaternary nitrogens is 1. The summed E-state index contributed by atoms with van der Waals surface area (Å²) in [6, 6.07) is 6.19. The Hall–Kier alpha value is -1.42. The van der Waals surface area contributed by atoms with Crippen LogP contribution in [0.2, 0.25) is 0 Å². The molecule has 3 N–H and O–H groups in total. The molecule has 20 heavy (non-hydrogen) atoms. The molecule has 4 heteroatoms. The van der Waals surface area contributed by atoms with Gasteiger partial charge in [-0.1, -0.05) is 12.1 Å². The van der Waals surface area contributed by atoms with Gasteiger partial charge in [0.15, 0.2) is 0 Å². The SMILES string of the molecule is CC1(C)CC(NC(=O)c2ccccc2F)CC(C)(C)[NH2+]1. The number of carbonyl (C=O) groups excluding carboxylic acids is 1. The average Bonchev–Trinajstić information content (AvgIpc) is 2.24. The predicted molar refractivity (Wildman–Crippen MR) is 77.0 cm³/mol. The fourth-order valence-electron chi connectivity index (χ4n) is 3.53. The zero-order chi connectivity index (χ0) is 15.0. The Morgan fingerprint density at radius 2 is 1.75 bits per heavy atom. The second kappa shape index (κ2) is 5.17. The molecule has 1 fully saturated rings. The van der Waals surface area contributed by atoms with Crippen molar-refractivity contribution in [2.45, 2.75) is 57.7 Å². The highest BCUT2D eigenvalue weighted by molar-refractivity contribution is 5.94. The van der Waals surface area contributed by atoms with Crippen LogP contribution in [0.25, 0.3) is 0 Å². The van der Waals surface area contributed by atoms with Crippen LogP contribution in [-0.4, -0.2) is 23.0 Å². The number of nitrogens with one attached hydrogen (secondary N) is 1. The summed E-state index contributed by atoms with van der Waals surface area (Å²) in [5, 5.41) is 5.34. The Bertz CT molecular complexity index is 495. The Balaban J connectivity index is 2.10. The molecular formula is C16H24FN2O+. The smallest absolute Gasteiger partial charge is 0.254 e. The average molecular weight is 279 g/mol. The number of carbonyl (C=O) groups is 1. The van der Waals surface area contributed by atoms with Crippen molar-refractivity contribution in [3.63, 3.8) is 0 Å². The summed E-state index contributed by atoms with van der Waals surface area (Å²) in [6.45, 7) is 8.71. The highest BCUT2D eigenvalue weighted by atomic mass is 19.1. The van der Waals surface area contributed by atoms with Crippen molar-refractivity contribution in [2.24, 2.45) is 0 Å². The molecule has 0 radical (unpaired) electrons. The molecular weight excluding hydrogens is 255 g/mol. The van der Waals surface area contributed by atoms with Crippen LogP contribution in [0, 0.1) is 5.82 Å². The van der Waals surface area contributed by atoms with Crippen molar-refractivity contribution in [3.8, 4) is 0 Å². The molecule has 0 aliphatic carbocycles. The number of hydrogen-bond acceptors (Lipinski definition) is 1. The van der Waals surface area contributed by atoms with Gasteiger partial charge in [0, 0.05) is 18.9 Å². The van der Waals surface area contributed by atoms with Crippen molar-refractivity contribution in [3.05, 3.63) is 35.6 Å². The Morgan fingerprint density at radius 3 is 2.30 bits per heavy atom. The summed E-state index contributed by atoms with van der Waals surface area (Å²) in [5.74, 6) is -0.785. The van der Waals surface area contributed by atoms with E-state index >= 15 is 0 Å². The highest BCUT2D eigenvalue weighted by Crippen LogP contribution is 2.22. The third-order valence-electron chi connectivity index (χ3n) is 3.78. The van der Waals surface area contributed by atoms with E-state index in [0.717, 1.165) is 12.8 Å². The summed E-state index contributed by atoms with van der Waals surface area (Å²) in [5.41, 5.74) is 0.279. The van der Waals surface area contributed by atoms with Gasteiger partial charge in [0.05, 0.1) is 16.6 Å². The first-order valence-corrected chi connectivity index (χ1v) is 7.11. The van der Waals surface area contributed by atoms with Gasteiger partial charge in [0.2, 0.25) is 0 Å². The Kier molecular flexibility index (Phi) is 3.87. The fourth-order valence-corrected chi connectivity index (χ4v) is 3.53. The largest absolute Gasteiger partial charge is 0.349 e. The van der Waals surface area contributed by atoms with Crippen LogP contribution in [-0.2, 0) is 0 Å². The zero-order valence-electron chi connectivity index (χ0n) is 12.7. The first-order chi connectivity index (χ1) is 9.19. The summed E-state index contributed by atoms with van der Waals surface area (Å²) < 4.78 is 13.6. The summed E-state index contributed by atoms with van der Waals surface area (Å²) >= 11 is 0. The lowest BCUT2D eigenvalue weighted by molar-refractivity contribution is -0.787. The molecule has 0 unspecified atom stereocenters. The van der Waals surface area contributed by atoms with Gasteiger partial charge < -0.3 is 10.6 Å². The number of benzene rings is 1. The van der Waals surface area contributed by atoms with Gasteiger partial charge in [0.25, 0.3) is 5.91 Å². The maximum absolute atomic E-state index is 13.6. The van der Waals surface area contributed by atoms with Gasteiger partial charge in [-0.25, -0.2) is 4.39 Å². The van der Waals surface area contributed by atoms with Gasteiger partial charge in [-0.05, 0) is 39.8 Å². The monoisotopic (exact) mass is 279 g/mol. The minimum Gasteiger partial charge on any atom is -0.349 e. The molecule has 0 aromatic heterocycles. The maximum atomic E-state index is 13.6. The first-order valence-electron chi connectivity index (χ1n) is 7.11. The minimum atomic E-state index is -0.467. The molecule has 1 aliphatic heterocycles. The normalized spacial score (nSPS) is 21.4. The van der Waals surface area contributed by atoms with E-state index < -0.39 is 5.82 Å². The van der Waals surface area contributed by atoms with Crippen molar-refractivity contribution in [2.75, 3.05) is 0 Å². The fraction of sp³-hybridized carbons (Fsp3) is 0.562. The Labute approximate surface area is 120 Å². The van der Waals surface area contributed by atoms with Crippen molar-refractivity contribution in [1.29, 1.82) is 0 Å². The number of halogens is 1. The molecule has 0 spiro atoms. The molecule has 1 heterocycles. The molecule has 110 valence electrons. The van der Waals surface area contributed by atoms with E-state index in [1.54, 1.807) is 12.1 Å². The van der Waals surface area contributed by atoms with Crippen molar-refractivity contribution in [1.82, 2.24) is 5.32 Å². The van der Waals surface area contributed by atoms with Crippen LogP contribution in [0.1, 0.15) is 50.9 Å². The minimum absolute atomic E-state index is 0.0783. The predicted octanol–water partition coefficient (Wildman–Crippen LogP) is 1.84. The van der Waals surface area contributed by atoms with E-state index in [2.05, 4.69) is 38.3 Å². The number of rotatable bonds is 2. The Morgan fingerprint density at radius 1 is 1.20 bits per heavy atom. The van der Waals surface area contributed by atoms with Crippen molar-refractivity contribution < 1.29 is 14.5 Å². The summed E-state index contributed by atoms with van der Waals surface area (Å²) in [7, 11) is 0. The molecule has 2 rings (SSSR count). The van der Waals surface area contributed by atoms with E-state index in [0.29, 0.717) is 0 Å². The van der Waals surface area contributed by atoms with E-state index in [4.69, 9.17) is 0 Å². The number of amides is 1.